The summed E-state index contributed by atoms with van der Waals surface area (Å²) in [5, 5.41) is 10.6. The lowest BCUT2D eigenvalue weighted by Crippen LogP contribution is -2.67. The SMILES string of the molecule is CCC1NC(=O)C(C)(C)N(Cc2cn(C)nn2)C1=O. The van der Waals surface area contributed by atoms with Gasteiger partial charge in [0.1, 0.15) is 17.3 Å². The van der Waals surface area contributed by atoms with Crippen LogP contribution in [-0.2, 0) is 23.2 Å². The summed E-state index contributed by atoms with van der Waals surface area (Å²) in [7, 11) is 1.77. The van der Waals surface area contributed by atoms with E-state index >= 15 is 0 Å². The van der Waals surface area contributed by atoms with E-state index in [9.17, 15) is 9.59 Å². The molecule has 2 amide bonds. The number of carbonyl (C=O) groups excluding carboxylic acids is 2. The highest BCUT2D eigenvalue weighted by molar-refractivity contribution is 5.99. The molecule has 0 saturated carbocycles. The van der Waals surface area contributed by atoms with E-state index in [4.69, 9.17) is 0 Å². The first-order valence-electron chi connectivity index (χ1n) is 6.34. The van der Waals surface area contributed by atoms with Gasteiger partial charge in [-0.2, -0.15) is 0 Å². The molecule has 1 aliphatic rings. The minimum absolute atomic E-state index is 0.0715. The Labute approximate surface area is 112 Å². The minimum Gasteiger partial charge on any atom is -0.342 e. The molecule has 0 aliphatic carbocycles. The van der Waals surface area contributed by atoms with Crippen molar-refractivity contribution in [2.24, 2.45) is 7.05 Å². The van der Waals surface area contributed by atoms with Gasteiger partial charge in [-0.3, -0.25) is 14.3 Å². The number of aryl methyl sites for hydroxylation is 1. The van der Waals surface area contributed by atoms with Gasteiger partial charge < -0.3 is 10.2 Å². The Hall–Kier alpha value is -1.92. The summed E-state index contributed by atoms with van der Waals surface area (Å²) >= 11 is 0. The van der Waals surface area contributed by atoms with E-state index in [-0.39, 0.29) is 11.8 Å². The molecule has 0 aromatic carbocycles. The number of nitrogens with zero attached hydrogens (tertiary/aromatic N) is 4. The van der Waals surface area contributed by atoms with Crippen LogP contribution in [0, 0.1) is 0 Å². The minimum atomic E-state index is -0.875. The molecule has 1 aromatic heterocycles. The second-order valence-corrected chi connectivity index (χ2v) is 5.30. The molecule has 1 aromatic rings. The van der Waals surface area contributed by atoms with Gasteiger partial charge in [0.2, 0.25) is 11.8 Å². The molecule has 2 rings (SSSR count). The summed E-state index contributed by atoms with van der Waals surface area (Å²) in [5.41, 5.74) is -0.200. The smallest absolute Gasteiger partial charge is 0.246 e. The highest BCUT2D eigenvalue weighted by Crippen LogP contribution is 2.23. The summed E-state index contributed by atoms with van der Waals surface area (Å²) in [4.78, 5) is 26.0. The summed E-state index contributed by atoms with van der Waals surface area (Å²) in [6.07, 6.45) is 2.33. The van der Waals surface area contributed by atoms with Crippen LogP contribution >= 0.6 is 0 Å². The zero-order valence-electron chi connectivity index (χ0n) is 11.7. The number of hydrogen-bond donors (Lipinski definition) is 1. The fraction of sp³-hybridized carbons (Fsp3) is 0.667. The fourth-order valence-corrected chi connectivity index (χ4v) is 2.16. The Kier molecular flexibility index (Phi) is 3.30. The number of carbonyl (C=O) groups is 2. The average Bonchev–Trinajstić information content (AvgIpc) is 2.75. The first-order valence-corrected chi connectivity index (χ1v) is 6.34. The van der Waals surface area contributed by atoms with E-state index in [0.717, 1.165) is 0 Å². The van der Waals surface area contributed by atoms with Gasteiger partial charge in [-0.25, -0.2) is 0 Å². The van der Waals surface area contributed by atoms with Crippen molar-refractivity contribution in [1.29, 1.82) is 0 Å². The Balaban J connectivity index is 2.27. The van der Waals surface area contributed by atoms with Crippen LogP contribution in [0.3, 0.4) is 0 Å². The molecule has 1 atom stereocenters. The van der Waals surface area contributed by atoms with Crippen LogP contribution in [0.2, 0.25) is 0 Å². The van der Waals surface area contributed by atoms with E-state index < -0.39 is 11.6 Å². The molecule has 1 N–H and O–H groups in total. The van der Waals surface area contributed by atoms with E-state index in [1.54, 1.807) is 36.7 Å². The van der Waals surface area contributed by atoms with E-state index in [1.807, 2.05) is 6.92 Å². The van der Waals surface area contributed by atoms with Crippen molar-refractivity contribution < 1.29 is 9.59 Å². The van der Waals surface area contributed by atoms with Crippen molar-refractivity contribution in [3.63, 3.8) is 0 Å². The molecule has 0 spiro atoms. The number of amides is 2. The first kappa shape index (κ1) is 13.5. The molecule has 2 heterocycles. The Bertz CT molecular complexity index is 508. The second-order valence-electron chi connectivity index (χ2n) is 5.30. The topological polar surface area (TPSA) is 80.1 Å². The number of nitrogens with one attached hydrogen (secondary N) is 1. The number of hydrogen-bond acceptors (Lipinski definition) is 4. The molecule has 1 aliphatic heterocycles. The lowest BCUT2D eigenvalue weighted by Gasteiger charge is -2.43. The second kappa shape index (κ2) is 4.64. The van der Waals surface area contributed by atoms with Crippen LogP contribution in [0.25, 0.3) is 0 Å². The van der Waals surface area contributed by atoms with Gasteiger partial charge in [0.15, 0.2) is 0 Å². The third kappa shape index (κ3) is 2.32. The van der Waals surface area contributed by atoms with Crippen molar-refractivity contribution >= 4 is 11.8 Å². The van der Waals surface area contributed by atoms with Crippen molar-refractivity contribution in [3.05, 3.63) is 11.9 Å². The Morgan fingerprint density at radius 3 is 2.63 bits per heavy atom. The van der Waals surface area contributed by atoms with Gasteiger partial charge in [0.25, 0.3) is 0 Å². The van der Waals surface area contributed by atoms with Crippen molar-refractivity contribution in [1.82, 2.24) is 25.2 Å². The maximum Gasteiger partial charge on any atom is 0.246 e. The lowest BCUT2D eigenvalue weighted by molar-refractivity contribution is -0.156. The number of aromatic nitrogens is 3. The Morgan fingerprint density at radius 2 is 2.11 bits per heavy atom. The molecule has 7 nitrogen and oxygen atoms in total. The molecular formula is C12H19N5O2. The van der Waals surface area contributed by atoms with Gasteiger partial charge in [-0.1, -0.05) is 12.1 Å². The van der Waals surface area contributed by atoms with Crippen LogP contribution in [0.1, 0.15) is 32.9 Å². The van der Waals surface area contributed by atoms with Crippen LogP contribution in [0.5, 0.6) is 0 Å². The molecule has 0 bridgehead atoms. The maximum absolute atomic E-state index is 12.4. The van der Waals surface area contributed by atoms with Gasteiger partial charge in [0, 0.05) is 13.2 Å². The van der Waals surface area contributed by atoms with E-state index in [2.05, 4.69) is 15.6 Å². The standard InChI is InChI=1S/C12H19N5O2/c1-5-9-10(18)17(12(2,3)11(19)13-9)7-8-6-16(4)15-14-8/h6,9H,5,7H2,1-4H3,(H,13,19). The first-order chi connectivity index (χ1) is 8.86. The number of rotatable bonds is 3. The summed E-state index contributed by atoms with van der Waals surface area (Å²) < 4.78 is 1.58. The van der Waals surface area contributed by atoms with Crippen molar-refractivity contribution in [2.45, 2.75) is 45.3 Å². The van der Waals surface area contributed by atoms with Crippen LogP contribution in [-0.4, -0.2) is 43.3 Å². The zero-order chi connectivity index (χ0) is 14.2. The monoisotopic (exact) mass is 265 g/mol. The Morgan fingerprint density at radius 1 is 1.42 bits per heavy atom. The van der Waals surface area contributed by atoms with Crippen LogP contribution in [0.15, 0.2) is 6.20 Å². The van der Waals surface area contributed by atoms with Gasteiger partial charge >= 0.3 is 0 Å². The molecule has 1 fully saturated rings. The normalized spacial score (nSPS) is 22.5. The lowest BCUT2D eigenvalue weighted by atomic mass is 9.94. The number of piperazine rings is 1. The van der Waals surface area contributed by atoms with E-state index in [0.29, 0.717) is 18.7 Å². The highest BCUT2D eigenvalue weighted by Gasteiger charge is 2.45. The van der Waals surface area contributed by atoms with Crippen LogP contribution in [0.4, 0.5) is 0 Å². The third-order valence-electron chi connectivity index (χ3n) is 3.48. The largest absolute Gasteiger partial charge is 0.342 e. The molecule has 1 saturated heterocycles. The predicted octanol–water partition coefficient (Wildman–Crippen LogP) is -0.169. The molecule has 19 heavy (non-hydrogen) atoms. The summed E-state index contributed by atoms with van der Waals surface area (Å²) in [6, 6.07) is -0.447. The fourth-order valence-electron chi connectivity index (χ4n) is 2.16. The highest BCUT2D eigenvalue weighted by atomic mass is 16.2. The molecule has 7 heteroatoms. The van der Waals surface area contributed by atoms with Gasteiger partial charge in [-0.05, 0) is 20.3 Å². The summed E-state index contributed by atoms with van der Waals surface area (Å²) in [5.74, 6) is -0.208. The third-order valence-corrected chi connectivity index (χ3v) is 3.48. The quantitative estimate of drug-likeness (QED) is 0.823. The van der Waals surface area contributed by atoms with Crippen molar-refractivity contribution in [3.8, 4) is 0 Å². The van der Waals surface area contributed by atoms with E-state index in [1.165, 1.54) is 0 Å². The maximum atomic E-state index is 12.4. The van der Waals surface area contributed by atoms with Gasteiger partial charge in [-0.15, -0.1) is 5.10 Å². The zero-order valence-corrected chi connectivity index (χ0v) is 11.7. The van der Waals surface area contributed by atoms with Gasteiger partial charge in [0.05, 0.1) is 6.54 Å². The van der Waals surface area contributed by atoms with Crippen LogP contribution < -0.4 is 5.32 Å². The molecule has 0 radical (unpaired) electrons. The molecular weight excluding hydrogens is 246 g/mol. The summed E-state index contributed by atoms with van der Waals surface area (Å²) in [6.45, 7) is 5.65. The predicted molar refractivity (Wildman–Crippen MR) is 67.9 cm³/mol. The average molecular weight is 265 g/mol. The van der Waals surface area contributed by atoms with Crippen molar-refractivity contribution in [2.75, 3.05) is 0 Å². The molecule has 1 unspecified atom stereocenters. The molecule has 104 valence electrons.